The van der Waals surface area contributed by atoms with Crippen molar-refractivity contribution in [2.45, 2.75) is 10.9 Å². The molecule has 0 saturated carbocycles. The van der Waals surface area contributed by atoms with Crippen LogP contribution in [0.5, 0.6) is 0 Å². The number of sulfonamides is 1. The molecule has 10 nitrogen and oxygen atoms in total. The minimum absolute atomic E-state index is 0.0358. The predicted octanol–water partition coefficient (Wildman–Crippen LogP) is -1.05. The van der Waals surface area contributed by atoms with E-state index in [1.165, 1.54) is 38.4 Å². The molecule has 0 aromatic heterocycles. The number of nitrogens with one attached hydrogen (secondary N) is 2. The molecule has 0 aliphatic carbocycles. The van der Waals surface area contributed by atoms with E-state index in [1.54, 1.807) is 0 Å². The summed E-state index contributed by atoms with van der Waals surface area (Å²) < 4.78 is 53.1. The summed E-state index contributed by atoms with van der Waals surface area (Å²) in [6.07, 6.45) is 0. The van der Waals surface area contributed by atoms with Gasteiger partial charge < -0.3 is 10.4 Å². The maximum Gasteiger partial charge on any atom is 0.322 e. The van der Waals surface area contributed by atoms with Gasteiger partial charge in [-0.2, -0.15) is 17.0 Å². The number of anilines is 1. The monoisotopic (exact) mass is 392 g/mol. The van der Waals surface area contributed by atoms with Gasteiger partial charge in [0.25, 0.3) is 0 Å². The highest BCUT2D eigenvalue weighted by Gasteiger charge is 2.33. The minimum atomic E-state index is -3.86. The smallest absolute Gasteiger partial charge is 0.322 e. The summed E-state index contributed by atoms with van der Waals surface area (Å²) in [6, 6.07) is 4.27. The molecule has 1 heterocycles. The number of nitrogens with zero attached hydrogens (tertiary/aromatic N) is 2. The van der Waals surface area contributed by atoms with E-state index in [2.05, 4.69) is 10.0 Å². The van der Waals surface area contributed by atoms with Gasteiger partial charge in [-0.3, -0.25) is 9.52 Å². The summed E-state index contributed by atoms with van der Waals surface area (Å²) in [6.45, 7) is 0.213. The maximum atomic E-state index is 12.6. The highest BCUT2D eigenvalue weighted by Crippen LogP contribution is 2.20. The molecule has 1 aliphatic rings. The molecule has 0 bridgehead atoms. The zero-order chi connectivity index (χ0) is 18.8. The topological polar surface area (TPSA) is 136 Å². The van der Waals surface area contributed by atoms with Crippen LogP contribution in [0, 0.1) is 0 Å². The van der Waals surface area contributed by atoms with Crippen LogP contribution in [0.15, 0.2) is 29.2 Å². The van der Waals surface area contributed by atoms with Crippen molar-refractivity contribution in [1.82, 2.24) is 13.9 Å². The quantitative estimate of drug-likeness (QED) is 0.562. The second kappa shape index (κ2) is 7.25. The van der Waals surface area contributed by atoms with Gasteiger partial charge in [0, 0.05) is 39.4 Å². The Labute approximate surface area is 146 Å². The summed E-state index contributed by atoms with van der Waals surface area (Å²) in [7, 11) is -4.82. The lowest BCUT2D eigenvalue weighted by Gasteiger charge is -2.30. The number of carbonyl (C=O) groups is 1. The molecule has 3 N–H and O–H groups in total. The van der Waals surface area contributed by atoms with Crippen molar-refractivity contribution in [2.24, 2.45) is 0 Å². The number of benzene rings is 1. The summed E-state index contributed by atoms with van der Waals surface area (Å²) in [5.41, 5.74) is 0.219. The van der Waals surface area contributed by atoms with Crippen molar-refractivity contribution in [2.75, 3.05) is 38.5 Å². The fourth-order valence-corrected chi connectivity index (χ4v) is 4.26. The van der Waals surface area contributed by atoms with E-state index in [9.17, 15) is 21.6 Å². The number of carboxylic acid groups (broad SMARTS) is 1. The number of carboxylic acids is 1. The van der Waals surface area contributed by atoms with Crippen molar-refractivity contribution in [3.63, 3.8) is 0 Å². The molecule has 2 rings (SSSR count). The maximum absolute atomic E-state index is 12.6. The van der Waals surface area contributed by atoms with Gasteiger partial charge in [0.15, 0.2) is 0 Å². The highest BCUT2D eigenvalue weighted by molar-refractivity contribution is 7.90. The molecule has 1 aliphatic heterocycles. The lowest BCUT2D eigenvalue weighted by Crippen LogP contribution is -2.55. The molecule has 1 saturated heterocycles. The fraction of sp³-hybridized carbons (Fsp3) is 0.462. The van der Waals surface area contributed by atoms with Crippen LogP contribution in [0.3, 0.4) is 0 Å². The molecule has 1 aromatic rings. The highest BCUT2D eigenvalue weighted by atomic mass is 32.2. The number of rotatable bonds is 6. The van der Waals surface area contributed by atoms with E-state index < -0.39 is 32.2 Å². The Morgan fingerprint density at radius 3 is 2.36 bits per heavy atom. The Morgan fingerprint density at radius 2 is 1.84 bits per heavy atom. The van der Waals surface area contributed by atoms with Crippen LogP contribution >= 0.6 is 0 Å². The van der Waals surface area contributed by atoms with Crippen molar-refractivity contribution < 1.29 is 26.7 Å². The van der Waals surface area contributed by atoms with Gasteiger partial charge in [-0.15, -0.1) is 0 Å². The first-order valence-corrected chi connectivity index (χ1v) is 10.2. The first-order chi connectivity index (χ1) is 11.5. The number of hydrogen-bond acceptors (Lipinski definition) is 6. The van der Waals surface area contributed by atoms with Crippen LogP contribution in [0.4, 0.5) is 5.69 Å². The molecule has 0 spiro atoms. The third-order valence-corrected chi connectivity index (χ3v) is 6.99. The van der Waals surface area contributed by atoms with Crippen molar-refractivity contribution >= 4 is 31.9 Å². The fourth-order valence-electron chi connectivity index (χ4n) is 2.19. The second-order valence-electron chi connectivity index (χ2n) is 5.62. The van der Waals surface area contributed by atoms with Crippen molar-refractivity contribution in [3.8, 4) is 0 Å². The van der Waals surface area contributed by atoms with E-state index in [0.717, 1.165) is 8.61 Å². The standard InChI is InChI=1S/C13H20N4O6S2/c1-16(2)25(22,23)15-10-3-5-11(6-4-10)24(20,21)17-8-7-14-12(9-17)13(18)19/h3-6,12,14-15H,7-9H2,1-2H3,(H,18,19)/t12-/m0/s1. The molecule has 1 fully saturated rings. The molecular weight excluding hydrogens is 372 g/mol. The summed E-state index contributed by atoms with van der Waals surface area (Å²) in [5, 5.41) is 11.8. The van der Waals surface area contributed by atoms with Gasteiger partial charge in [0.05, 0.1) is 4.90 Å². The summed E-state index contributed by atoms with van der Waals surface area (Å²) >= 11 is 0. The molecule has 1 atom stereocenters. The third-order valence-electron chi connectivity index (χ3n) is 3.66. The number of aliphatic carboxylic acids is 1. The summed E-state index contributed by atoms with van der Waals surface area (Å²) in [4.78, 5) is 11.0. The number of piperazine rings is 1. The van der Waals surface area contributed by atoms with Crippen LogP contribution in [0.2, 0.25) is 0 Å². The Morgan fingerprint density at radius 1 is 1.24 bits per heavy atom. The van der Waals surface area contributed by atoms with E-state index in [1.807, 2.05) is 0 Å². The Hall–Kier alpha value is -1.73. The largest absolute Gasteiger partial charge is 0.480 e. The van der Waals surface area contributed by atoms with Crippen molar-refractivity contribution in [3.05, 3.63) is 24.3 Å². The second-order valence-corrected chi connectivity index (χ2v) is 9.44. The van der Waals surface area contributed by atoms with Crippen LogP contribution in [0.25, 0.3) is 0 Å². The number of hydrogen-bond donors (Lipinski definition) is 3. The van der Waals surface area contributed by atoms with E-state index >= 15 is 0 Å². The van der Waals surface area contributed by atoms with Gasteiger partial charge >= 0.3 is 16.2 Å². The van der Waals surface area contributed by atoms with Crippen molar-refractivity contribution in [1.29, 1.82) is 0 Å². The van der Waals surface area contributed by atoms with Crippen LogP contribution < -0.4 is 10.0 Å². The van der Waals surface area contributed by atoms with Crippen LogP contribution in [-0.4, -0.2) is 76.3 Å². The molecule has 12 heteroatoms. The van der Waals surface area contributed by atoms with Gasteiger partial charge in [0.2, 0.25) is 10.0 Å². The first-order valence-electron chi connectivity index (χ1n) is 7.31. The average molecular weight is 392 g/mol. The van der Waals surface area contributed by atoms with Gasteiger partial charge in [-0.25, -0.2) is 8.42 Å². The molecule has 25 heavy (non-hydrogen) atoms. The van der Waals surface area contributed by atoms with Gasteiger partial charge in [-0.1, -0.05) is 0 Å². The molecule has 1 aromatic carbocycles. The van der Waals surface area contributed by atoms with E-state index in [4.69, 9.17) is 5.11 Å². The molecular formula is C13H20N4O6S2. The molecule has 0 unspecified atom stereocenters. The Bertz CT molecular complexity index is 836. The molecule has 0 amide bonds. The first kappa shape index (κ1) is 19.6. The zero-order valence-corrected chi connectivity index (χ0v) is 15.3. The van der Waals surface area contributed by atoms with Gasteiger partial charge in [0.1, 0.15) is 6.04 Å². The molecule has 0 radical (unpaired) electrons. The van der Waals surface area contributed by atoms with E-state index in [0.29, 0.717) is 0 Å². The Kier molecular flexibility index (Phi) is 5.68. The minimum Gasteiger partial charge on any atom is -0.480 e. The normalized spacial score (nSPS) is 19.7. The third kappa shape index (κ3) is 4.46. The van der Waals surface area contributed by atoms with Gasteiger partial charge in [-0.05, 0) is 24.3 Å². The van der Waals surface area contributed by atoms with Crippen LogP contribution in [-0.2, 0) is 25.0 Å². The predicted molar refractivity (Wildman–Crippen MR) is 90.9 cm³/mol. The average Bonchev–Trinajstić information content (AvgIpc) is 2.55. The van der Waals surface area contributed by atoms with E-state index in [-0.39, 0.29) is 30.2 Å². The molecule has 140 valence electrons. The zero-order valence-electron chi connectivity index (χ0n) is 13.7. The van der Waals surface area contributed by atoms with Crippen LogP contribution in [0.1, 0.15) is 0 Å². The summed E-state index contributed by atoms with van der Waals surface area (Å²) in [5.74, 6) is -1.12. The lowest BCUT2D eigenvalue weighted by atomic mass is 10.2. The Balaban J connectivity index is 2.19. The SMILES string of the molecule is CN(C)S(=O)(=O)Nc1ccc(S(=O)(=O)N2CCN[C@H](C(=O)O)C2)cc1. The lowest BCUT2D eigenvalue weighted by molar-refractivity contribution is -0.140.